The summed E-state index contributed by atoms with van der Waals surface area (Å²) in [5, 5.41) is 8.68. The van der Waals surface area contributed by atoms with Gasteiger partial charge in [-0.05, 0) is 60.4 Å². The van der Waals surface area contributed by atoms with E-state index in [0.717, 1.165) is 24.0 Å². The van der Waals surface area contributed by atoms with Crippen molar-refractivity contribution in [2.45, 2.75) is 12.8 Å². The SMILES string of the molecule is O=C(/C=C/c1cc(CCc2cccnc2)ccc1Oc1cccc(F)c1)NO. The van der Waals surface area contributed by atoms with Gasteiger partial charge in [-0.15, -0.1) is 0 Å². The number of carbonyl (C=O) groups excluding carboxylic acids is 1. The number of aryl methyl sites for hydroxylation is 2. The van der Waals surface area contributed by atoms with Crippen molar-refractivity contribution in [3.8, 4) is 11.5 Å². The standard InChI is InChI=1S/C22H19FN2O3/c23-19-4-1-5-20(14-19)28-21-10-8-16(6-7-17-3-2-12-24-15-17)13-18(21)9-11-22(26)25-27/h1-5,8-15,27H,6-7H2,(H,25,26)/b11-9+. The van der Waals surface area contributed by atoms with Gasteiger partial charge in [0, 0.05) is 30.1 Å². The largest absolute Gasteiger partial charge is 0.457 e. The van der Waals surface area contributed by atoms with Crippen LogP contribution in [-0.2, 0) is 17.6 Å². The number of ether oxygens (including phenoxy) is 1. The molecule has 2 N–H and O–H groups in total. The summed E-state index contributed by atoms with van der Waals surface area (Å²) in [7, 11) is 0. The summed E-state index contributed by atoms with van der Waals surface area (Å²) in [5.41, 5.74) is 4.35. The van der Waals surface area contributed by atoms with Gasteiger partial charge in [0.15, 0.2) is 0 Å². The molecule has 3 rings (SSSR count). The van der Waals surface area contributed by atoms with Gasteiger partial charge in [0.2, 0.25) is 0 Å². The molecule has 3 aromatic rings. The number of halogens is 1. The Morgan fingerprint density at radius 2 is 1.96 bits per heavy atom. The maximum absolute atomic E-state index is 13.4. The minimum atomic E-state index is -0.655. The number of hydrogen-bond donors (Lipinski definition) is 2. The Morgan fingerprint density at radius 1 is 1.11 bits per heavy atom. The fraction of sp³-hybridized carbons (Fsp3) is 0.0909. The van der Waals surface area contributed by atoms with Crippen LogP contribution in [0.1, 0.15) is 16.7 Å². The zero-order valence-electron chi connectivity index (χ0n) is 15.0. The van der Waals surface area contributed by atoms with E-state index in [-0.39, 0.29) is 0 Å². The highest BCUT2D eigenvalue weighted by Gasteiger charge is 2.07. The molecule has 2 aromatic carbocycles. The maximum Gasteiger partial charge on any atom is 0.267 e. The number of carbonyl (C=O) groups is 1. The predicted molar refractivity (Wildman–Crippen MR) is 104 cm³/mol. The smallest absolute Gasteiger partial charge is 0.267 e. The number of nitrogens with zero attached hydrogens (tertiary/aromatic N) is 1. The number of rotatable bonds is 7. The second-order valence-electron chi connectivity index (χ2n) is 6.10. The normalized spacial score (nSPS) is 10.8. The molecule has 0 atom stereocenters. The van der Waals surface area contributed by atoms with Gasteiger partial charge >= 0.3 is 0 Å². The number of hydrogen-bond acceptors (Lipinski definition) is 4. The molecule has 1 heterocycles. The van der Waals surface area contributed by atoms with Crippen LogP contribution in [0.4, 0.5) is 4.39 Å². The second-order valence-corrected chi connectivity index (χ2v) is 6.10. The van der Waals surface area contributed by atoms with E-state index in [1.54, 1.807) is 29.9 Å². The van der Waals surface area contributed by atoms with Crippen LogP contribution in [0.3, 0.4) is 0 Å². The molecule has 0 radical (unpaired) electrons. The molecule has 142 valence electrons. The van der Waals surface area contributed by atoms with E-state index in [1.165, 1.54) is 24.3 Å². The minimum Gasteiger partial charge on any atom is -0.457 e. The summed E-state index contributed by atoms with van der Waals surface area (Å²) in [6.07, 6.45) is 7.88. The van der Waals surface area contributed by atoms with Crippen molar-refractivity contribution in [3.05, 3.63) is 95.6 Å². The highest BCUT2D eigenvalue weighted by Crippen LogP contribution is 2.28. The average Bonchev–Trinajstić information content (AvgIpc) is 2.72. The number of hydroxylamine groups is 1. The molecule has 5 nitrogen and oxygen atoms in total. The van der Waals surface area contributed by atoms with Gasteiger partial charge in [-0.3, -0.25) is 15.0 Å². The number of pyridine rings is 1. The highest BCUT2D eigenvalue weighted by atomic mass is 19.1. The lowest BCUT2D eigenvalue weighted by atomic mass is 10.0. The van der Waals surface area contributed by atoms with Crippen molar-refractivity contribution in [3.63, 3.8) is 0 Å². The first-order valence-corrected chi connectivity index (χ1v) is 8.71. The average molecular weight is 378 g/mol. The van der Waals surface area contributed by atoms with Crippen molar-refractivity contribution in [1.82, 2.24) is 10.5 Å². The van der Waals surface area contributed by atoms with Gasteiger partial charge in [0.05, 0.1) is 0 Å². The zero-order valence-corrected chi connectivity index (χ0v) is 15.0. The number of benzene rings is 2. The van der Waals surface area contributed by atoms with Gasteiger partial charge in [-0.2, -0.15) is 0 Å². The molecule has 0 saturated heterocycles. The van der Waals surface area contributed by atoms with Gasteiger partial charge in [-0.25, -0.2) is 9.87 Å². The molecular formula is C22H19FN2O3. The molecular weight excluding hydrogens is 359 g/mol. The topological polar surface area (TPSA) is 71.5 Å². The lowest BCUT2D eigenvalue weighted by molar-refractivity contribution is -0.124. The quantitative estimate of drug-likeness (QED) is 0.365. The minimum absolute atomic E-state index is 0.351. The zero-order chi connectivity index (χ0) is 19.8. The third-order valence-electron chi connectivity index (χ3n) is 4.05. The molecule has 0 aliphatic rings. The molecule has 28 heavy (non-hydrogen) atoms. The number of nitrogens with one attached hydrogen (secondary N) is 1. The molecule has 0 spiro atoms. The van der Waals surface area contributed by atoms with E-state index < -0.39 is 11.7 Å². The van der Waals surface area contributed by atoms with E-state index in [2.05, 4.69) is 4.98 Å². The van der Waals surface area contributed by atoms with Crippen molar-refractivity contribution in [2.24, 2.45) is 0 Å². The molecule has 0 aliphatic heterocycles. The van der Waals surface area contributed by atoms with Crippen LogP contribution >= 0.6 is 0 Å². The first kappa shape index (κ1) is 19.3. The van der Waals surface area contributed by atoms with Crippen molar-refractivity contribution >= 4 is 12.0 Å². The van der Waals surface area contributed by atoms with Crippen LogP contribution in [-0.4, -0.2) is 16.1 Å². The Kier molecular flexibility index (Phi) is 6.49. The molecule has 0 aliphatic carbocycles. The Balaban J connectivity index is 1.83. The highest BCUT2D eigenvalue weighted by molar-refractivity contribution is 5.91. The Labute approximate surface area is 162 Å². The summed E-state index contributed by atoms with van der Waals surface area (Å²) in [5.74, 6) is -0.234. The molecule has 6 heteroatoms. The maximum atomic E-state index is 13.4. The Morgan fingerprint density at radius 3 is 2.71 bits per heavy atom. The van der Waals surface area contributed by atoms with Gasteiger partial charge in [0.25, 0.3) is 5.91 Å². The van der Waals surface area contributed by atoms with Crippen LogP contribution in [0.5, 0.6) is 11.5 Å². The first-order chi connectivity index (χ1) is 13.6. The third-order valence-corrected chi connectivity index (χ3v) is 4.05. The molecule has 0 saturated carbocycles. The predicted octanol–water partition coefficient (Wildman–Crippen LogP) is 4.32. The van der Waals surface area contributed by atoms with Crippen molar-refractivity contribution in [2.75, 3.05) is 0 Å². The van der Waals surface area contributed by atoms with E-state index in [1.807, 2.05) is 30.5 Å². The summed E-state index contributed by atoms with van der Waals surface area (Å²) in [6.45, 7) is 0. The lowest BCUT2D eigenvalue weighted by Crippen LogP contribution is -2.14. The van der Waals surface area contributed by atoms with Crippen LogP contribution in [0.25, 0.3) is 6.08 Å². The van der Waals surface area contributed by atoms with E-state index in [9.17, 15) is 9.18 Å². The summed E-state index contributed by atoms with van der Waals surface area (Å²) in [4.78, 5) is 15.5. The molecule has 0 bridgehead atoms. The second kappa shape index (κ2) is 9.43. The summed E-state index contributed by atoms with van der Waals surface area (Å²) in [6, 6.07) is 15.3. The van der Waals surface area contributed by atoms with E-state index >= 15 is 0 Å². The van der Waals surface area contributed by atoms with Gasteiger partial charge in [0.1, 0.15) is 17.3 Å². The van der Waals surface area contributed by atoms with E-state index in [4.69, 9.17) is 9.94 Å². The monoisotopic (exact) mass is 378 g/mol. The van der Waals surface area contributed by atoms with Crippen molar-refractivity contribution in [1.29, 1.82) is 0 Å². The summed E-state index contributed by atoms with van der Waals surface area (Å²) < 4.78 is 19.2. The van der Waals surface area contributed by atoms with Gasteiger partial charge < -0.3 is 4.74 Å². The summed E-state index contributed by atoms with van der Waals surface area (Å²) >= 11 is 0. The number of amides is 1. The first-order valence-electron chi connectivity index (χ1n) is 8.71. The van der Waals surface area contributed by atoms with Crippen LogP contribution in [0.15, 0.2) is 73.1 Å². The lowest BCUT2D eigenvalue weighted by Gasteiger charge is -2.11. The Bertz CT molecular complexity index is 975. The van der Waals surface area contributed by atoms with Crippen LogP contribution in [0.2, 0.25) is 0 Å². The molecule has 1 aromatic heterocycles. The Hall–Kier alpha value is -3.51. The fourth-order valence-corrected chi connectivity index (χ4v) is 2.67. The molecule has 0 unspecified atom stereocenters. The van der Waals surface area contributed by atoms with Gasteiger partial charge in [-0.1, -0.05) is 18.2 Å². The molecule has 0 fully saturated rings. The van der Waals surface area contributed by atoms with Crippen molar-refractivity contribution < 1.29 is 19.1 Å². The van der Waals surface area contributed by atoms with Crippen LogP contribution < -0.4 is 10.2 Å². The number of aromatic nitrogens is 1. The third kappa shape index (κ3) is 5.49. The fourth-order valence-electron chi connectivity index (χ4n) is 2.67. The van der Waals surface area contributed by atoms with Crippen LogP contribution in [0, 0.1) is 5.82 Å². The van der Waals surface area contributed by atoms with E-state index in [0.29, 0.717) is 17.1 Å². The molecule has 1 amide bonds.